The fourth-order valence-corrected chi connectivity index (χ4v) is 1.74. The third kappa shape index (κ3) is 6.31. The number of carbonyl (C=O) groups is 1. The van der Waals surface area contributed by atoms with Crippen LogP contribution in [0.15, 0.2) is 28.7 Å². The van der Waals surface area contributed by atoms with Gasteiger partial charge in [0.2, 0.25) is 5.91 Å². The molecular weight excluding hydrogens is 282 g/mol. The number of hydrogen-bond donors (Lipinski definition) is 1. The highest BCUT2D eigenvalue weighted by Crippen LogP contribution is 2.17. The van der Waals surface area contributed by atoms with Crippen molar-refractivity contribution in [2.24, 2.45) is 5.92 Å². The Bertz CT molecular complexity index is 366. The minimum absolute atomic E-state index is 0.0813. The highest BCUT2D eigenvalue weighted by atomic mass is 79.9. The molecule has 17 heavy (non-hydrogen) atoms. The Morgan fingerprint density at radius 2 is 2.24 bits per heavy atom. The van der Waals surface area contributed by atoms with Crippen molar-refractivity contribution in [2.75, 3.05) is 13.2 Å². The average molecular weight is 300 g/mol. The molecule has 0 radical (unpaired) electrons. The van der Waals surface area contributed by atoms with Gasteiger partial charge < -0.3 is 10.1 Å². The second kappa shape index (κ2) is 7.33. The van der Waals surface area contributed by atoms with E-state index >= 15 is 0 Å². The smallest absolute Gasteiger partial charge is 0.220 e. The Hall–Kier alpha value is -1.03. The fourth-order valence-electron chi connectivity index (χ4n) is 1.36. The zero-order valence-corrected chi connectivity index (χ0v) is 11.8. The second-order valence-electron chi connectivity index (χ2n) is 4.25. The predicted octanol–water partition coefficient (Wildman–Crippen LogP) is 2.99. The SMILES string of the molecule is CC(C)CC(=O)NCCOc1cccc(Br)c1. The Balaban J connectivity index is 2.18. The molecular formula is C13H18BrNO2. The lowest BCUT2D eigenvalue weighted by atomic mass is 10.1. The number of halogens is 1. The van der Waals surface area contributed by atoms with Crippen molar-refractivity contribution in [3.05, 3.63) is 28.7 Å². The summed E-state index contributed by atoms with van der Waals surface area (Å²) >= 11 is 3.37. The first-order valence-electron chi connectivity index (χ1n) is 5.73. The third-order valence-corrected chi connectivity index (χ3v) is 2.58. The van der Waals surface area contributed by atoms with E-state index in [2.05, 4.69) is 21.2 Å². The molecule has 0 aliphatic heterocycles. The first-order valence-corrected chi connectivity index (χ1v) is 6.52. The Morgan fingerprint density at radius 3 is 2.88 bits per heavy atom. The van der Waals surface area contributed by atoms with E-state index in [1.165, 1.54) is 0 Å². The van der Waals surface area contributed by atoms with E-state index in [0.717, 1.165) is 10.2 Å². The van der Waals surface area contributed by atoms with Gasteiger partial charge in [-0.2, -0.15) is 0 Å². The van der Waals surface area contributed by atoms with Crippen molar-refractivity contribution in [2.45, 2.75) is 20.3 Å². The number of amides is 1. The van der Waals surface area contributed by atoms with Gasteiger partial charge in [0.15, 0.2) is 0 Å². The zero-order valence-electron chi connectivity index (χ0n) is 10.2. The lowest BCUT2D eigenvalue weighted by Crippen LogP contribution is -2.28. The molecule has 0 unspecified atom stereocenters. The Labute approximate surface area is 111 Å². The maximum Gasteiger partial charge on any atom is 0.220 e. The standard InChI is InChI=1S/C13H18BrNO2/c1-10(2)8-13(16)15-6-7-17-12-5-3-4-11(14)9-12/h3-5,9-10H,6-8H2,1-2H3,(H,15,16). The van der Waals surface area contributed by atoms with E-state index in [9.17, 15) is 4.79 Å². The first-order chi connectivity index (χ1) is 8.08. The zero-order chi connectivity index (χ0) is 12.7. The molecule has 1 amide bonds. The molecule has 0 atom stereocenters. The fraction of sp³-hybridized carbons (Fsp3) is 0.462. The van der Waals surface area contributed by atoms with Gasteiger partial charge in [0.25, 0.3) is 0 Å². The van der Waals surface area contributed by atoms with Crippen LogP contribution in [0.4, 0.5) is 0 Å². The Morgan fingerprint density at radius 1 is 1.47 bits per heavy atom. The average Bonchev–Trinajstić information content (AvgIpc) is 2.23. The van der Waals surface area contributed by atoms with Gasteiger partial charge in [-0.25, -0.2) is 0 Å². The van der Waals surface area contributed by atoms with Crippen LogP contribution in [-0.4, -0.2) is 19.1 Å². The van der Waals surface area contributed by atoms with E-state index < -0.39 is 0 Å². The van der Waals surface area contributed by atoms with Gasteiger partial charge in [-0.15, -0.1) is 0 Å². The van der Waals surface area contributed by atoms with Crippen LogP contribution in [0, 0.1) is 5.92 Å². The van der Waals surface area contributed by atoms with Gasteiger partial charge in [-0.3, -0.25) is 4.79 Å². The van der Waals surface area contributed by atoms with Gasteiger partial charge in [-0.1, -0.05) is 35.8 Å². The van der Waals surface area contributed by atoms with Gasteiger partial charge in [-0.05, 0) is 24.1 Å². The summed E-state index contributed by atoms with van der Waals surface area (Å²) in [5.74, 6) is 1.27. The van der Waals surface area contributed by atoms with Crippen LogP contribution >= 0.6 is 15.9 Å². The van der Waals surface area contributed by atoms with E-state index in [1.807, 2.05) is 38.1 Å². The van der Waals surface area contributed by atoms with Crippen molar-refractivity contribution in [3.8, 4) is 5.75 Å². The highest BCUT2D eigenvalue weighted by Gasteiger charge is 2.03. The van der Waals surface area contributed by atoms with Gasteiger partial charge in [0.05, 0.1) is 6.54 Å². The molecule has 0 spiro atoms. The molecule has 1 N–H and O–H groups in total. The molecule has 0 saturated heterocycles. The molecule has 0 heterocycles. The number of benzene rings is 1. The molecule has 94 valence electrons. The van der Waals surface area contributed by atoms with Crippen LogP contribution < -0.4 is 10.1 Å². The lowest BCUT2D eigenvalue weighted by molar-refractivity contribution is -0.121. The van der Waals surface area contributed by atoms with Gasteiger partial charge >= 0.3 is 0 Å². The molecule has 0 aromatic heterocycles. The van der Waals surface area contributed by atoms with Crippen LogP contribution in [0.2, 0.25) is 0 Å². The number of hydrogen-bond acceptors (Lipinski definition) is 2. The van der Waals surface area contributed by atoms with E-state index in [1.54, 1.807) is 0 Å². The topological polar surface area (TPSA) is 38.3 Å². The van der Waals surface area contributed by atoms with Crippen molar-refractivity contribution >= 4 is 21.8 Å². The normalized spacial score (nSPS) is 10.4. The minimum Gasteiger partial charge on any atom is -0.492 e. The molecule has 0 aliphatic rings. The molecule has 0 aliphatic carbocycles. The summed E-state index contributed by atoms with van der Waals surface area (Å²) in [6.45, 7) is 5.08. The molecule has 0 bridgehead atoms. The van der Waals surface area contributed by atoms with Crippen molar-refractivity contribution in [1.29, 1.82) is 0 Å². The van der Waals surface area contributed by atoms with E-state index in [4.69, 9.17) is 4.74 Å². The maximum absolute atomic E-state index is 11.3. The summed E-state index contributed by atoms with van der Waals surface area (Å²) in [5.41, 5.74) is 0. The summed E-state index contributed by atoms with van der Waals surface area (Å²) in [6.07, 6.45) is 0.566. The van der Waals surface area contributed by atoms with Crippen LogP contribution in [-0.2, 0) is 4.79 Å². The van der Waals surface area contributed by atoms with Gasteiger partial charge in [0.1, 0.15) is 12.4 Å². The lowest BCUT2D eigenvalue weighted by Gasteiger charge is -2.09. The minimum atomic E-state index is 0.0813. The molecule has 1 aromatic rings. The maximum atomic E-state index is 11.3. The quantitative estimate of drug-likeness (QED) is 0.820. The predicted molar refractivity (Wildman–Crippen MR) is 72.1 cm³/mol. The number of ether oxygens (including phenoxy) is 1. The number of nitrogens with one attached hydrogen (secondary N) is 1. The molecule has 1 aromatic carbocycles. The second-order valence-corrected chi connectivity index (χ2v) is 5.17. The molecule has 0 saturated carbocycles. The van der Waals surface area contributed by atoms with Crippen LogP contribution in [0.25, 0.3) is 0 Å². The number of carbonyl (C=O) groups excluding carboxylic acids is 1. The van der Waals surface area contributed by atoms with Crippen LogP contribution in [0.3, 0.4) is 0 Å². The van der Waals surface area contributed by atoms with E-state index in [0.29, 0.717) is 25.5 Å². The van der Waals surface area contributed by atoms with Crippen LogP contribution in [0.5, 0.6) is 5.75 Å². The summed E-state index contributed by atoms with van der Waals surface area (Å²) < 4.78 is 6.48. The van der Waals surface area contributed by atoms with Crippen molar-refractivity contribution < 1.29 is 9.53 Å². The largest absolute Gasteiger partial charge is 0.492 e. The molecule has 4 heteroatoms. The third-order valence-electron chi connectivity index (χ3n) is 2.08. The van der Waals surface area contributed by atoms with Gasteiger partial charge in [0, 0.05) is 10.9 Å². The summed E-state index contributed by atoms with van der Waals surface area (Å²) in [4.78, 5) is 11.3. The molecule has 3 nitrogen and oxygen atoms in total. The first kappa shape index (κ1) is 14.0. The molecule has 0 fully saturated rings. The van der Waals surface area contributed by atoms with Crippen LogP contribution in [0.1, 0.15) is 20.3 Å². The summed E-state index contributed by atoms with van der Waals surface area (Å²) in [7, 11) is 0. The number of rotatable bonds is 6. The summed E-state index contributed by atoms with van der Waals surface area (Å²) in [6, 6.07) is 7.64. The highest BCUT2D eigenvalue weighted by molar-refractivity contribution is 9.10. The Kier molecular flexibility index (Phi) is 6.05. The van der Waals surface area contributed by atoms with Crippen molar-refractivity contribution in [3.63, 3.8) is 0 Å². The summed E-state index contributed by atoms with van der Waals surface area (Å²) in [5, 5.41) is 2.82. The van der Waals surface area contributed by atoms with E-state index in [-0.39, 0.29) is 5.91 Å². The molecule has 1 rings (SSSR count). The monoisotopic (exact) mass is 299 g/mol. The van der Waals surface area contributed by atoms with Crippen molar-refractivity contribution in [1.82, 2.24) is 5.32 Å².